The molecule has 4 rings (SSSR count). The number of amides is 1. The number of halogens is 1. The number of rotatable bonds is 7. The lowest BCUT2D eigenvalue weighted by atomic mass is 10.0. The molecule has 0 bridgehead atoms. The number of benzene rings is 1. The molecule has 0 atom stereocenters. The predicted molar refractivity (Wildman–Crippen MR) is 126 cm³/mol. The Balaban J connectivity index is 1.69. The van der Waals surface area contributed by atoms with Gasteiger partial charge in [0.2, 0.25) is 0 Å². The van der Waals surface area contributed by atoms with E-state index < -0.39 is 0 Å². The predicted octanol–water partition coefficient (Wildman–Crippen LogP) is 4.21. The molecule has 1 N–H and O–H groups in total. The smallest absolute Gasteiger partial charge is 0.251 e. The second kappa shape index (κ2) is 9.87. The standard InChI is InChI=1S/C24H24ClN7O/c1-15(2)6-23-30-14-31-32(23)21-8-17(22-5-4-19(25)11-28-22)7-18(9-21)24(33)29-13-20-12-26-16(3)10-27-20/h4-5,7-12,14-15H,6,13H2,1-3H3,(H,29,33). The van der Waals surface area contributed by atoms with E-state index in [1.54, 1.807) is 41.5 Å². The van der Waals surface area contributed by atoms with Gasteiger partial charge in [0.1, 0.15) is 12.2 Å². The highest BCUT2D eigenvalue weighted by Crippen LogP contribution is 2.25. The van der Waals surface area contributed by atoms with Crippen molar-refractivity contribution in [1.29, 1.82) is 0 Å². The molecule has 3 heterocycles. The first-order valence-corrected chi connectivity index (χ1v) is 11.0. The first kappa shape index (κ1) is 22.5. The fraction of sp³-hybridized carbons (Fsp3) is 0.250. The van der Waals surface area contributed by atoms with Gasteiger partial charge in [-0.15, -0.1) is 0 Å². The molecule has 0 spiro atoms. The minimum absolute atomic E-state index is 0.236. The molecular formula is C24H24ClN7O. The third kappa shape index (κ3) is 5.59. The summed E-state index contributed by atoms with van der Waals surface area (Å²) >= 11 is 6.01. The molecule has 0 aliphatic rings. The van der Waals surface area contributed by atoms with Crippen molar-refractivity contribution in [3.63, 3.8) is 0 Å². The summed E-state index contributed by atoms with van der Waals surface area (Å²) < 4.78 is 1.77. The number of hydrogen-bond donors (Lipinski definition) is 1. The highest BCUT2D eigenvalue weighted by molar-refractivity contribution is 6.30. The van der Waals surface area contributed by atoms with Crippen LogP contribution in [-0.4, -0.2) is 35.6 Å². The number of hydrogen-bond acceptors (Lipinski definition) is 6. The molecule has 33 heavy (non-hydrogen) atoms. The van der Waals surface area contributed by atoms with E-state index in [0.29, 0.717) is 27.9 Å². The number of pyridine rings is 1. The van der Waals surface area contributed by atoms with E-state index in [1.165, 1.54) is 6.33 Å². The Morgan fingerprint density at radius 1 is 1.06 bits per heavy atom. The van der Waals surface area contributed by atoms with Crippen LogP contribution in [0, 0.1) is 12.8 Å². The Kier molecular flexibility index (Phi) is 6.74. The van der Waals surface area contributed by atoms with Crippen LogP contribution in [0.25, 0.3) is 16.9 Å². The zero-order valence-electron chi connectivity index (χ0n) is 18.7. The van der Waals surface area contributed by atoms with Crippen LogP contribution in [0.3, 0.4) is 0 Å². The Bertz CT molecular complexity index is 1250. The van der Waals surface area contributed by atoms with Crippen LogP contribution in [0.4, 0.5) is 0 Å². The molecule has 1 aromatic carbocycles. The van der Waals surface area contributed by atoms with Crippen molar-refractivity contribution < 1.29 is 4.79 Å². The minimum atomic E-state index is -0.236. The maximum absolute atomic E-state index is 13.1. The van der Waals surface area contributed by atoms with E-state index in [1.807, 2.05) is 19.1 Å². The maximum Gasteiger partial charge on any atom is 0.251 e. The lowest BCUT2D eigenvalue weighted by Crippen LogP contribution is -2.23. The van der Waals surface area contributed by atoms with E-state index in [9.17, 15) is 4.79 Å². The number of carbonyl (C=O) groups is 1. The largest absolute Gasteiger partial charge is 0.346 e. The van der Waals surface area contributed by atoms with Crippen LogP contribution in [-0.2, 0) is 13.0 Å². The van der Waals surface area contributed by atoms with Crippen molar-refractivity contribution in [2.24, 2.45) is 5.92 Å². The van der Waals surface area contributed by atoms with Gasteiger partial charge in [0.15, 0.2) is 0 Å². The molecule has 0 saturated heterocycles. The van der Waals surface area contributed by atoms with Gasteiger partial charge in [0.25, 0.3) is 5.91 Å². The normalized spacial score (nSPS) is 11.1. The van der Waals surface area contributed by atoms with Gasteiger partial charge in [0, 0.05) is 29.9 Å². The molecule has 0 aliphatic carbocycles. The number of aromatic nitrogens is 6. The van der Waals surface area contributed by atoms with Crippen molar-refractivity contribution in [2.45, 2.75) is 33.7 Å². The molecule has 0 radical (unpaired) electrons. The second-order valence-corrected chi connectivity index (χ2v) is 8.58. The summed E-state index contributed by atoms with van der Waals surface area (Å²) in [6.45, 7) is 6.39. The molecule has 0 aliphatic heterocycles. The molecule has 3 aromatic heterocycles. The van der Waals surface area contributed by atoms with Crippen molar-refractivity contribution in [3.05, 3.63) is 83.0 Å². The van der Waals surface area contributed by atoms with Gasteiger partial charge >= 0.3 is 0 Å². The summed E-state index contributed by atoms with van der Waals surface area (Å²) in [7, 11) is 0. The van der Waals surface area contributed by atoms with Gasteiger partial charge in [0.05, 0.1) is 40.5 Å². The first-order valence-electron chi connectivity index (χ1n) is 10.6. The third-order valence-corrected chi connectivity index (χ3v) is 5.14. The van der Waals surface area contributed by atoms with Crippen LogP contribution in [0.2, 0.25) is 5.02 Å². The van der Waals surface area contributed by atoms with Gasteiger partial charge in [-0.05, 0) is 43.2 Å². The molecule has 8 nitrogen and oxygen atoms in total. The molecule has 0 unspecified atom stereocenters. The van der Waals surface area contributed by atoms with Crippen LogP contribution in [0.1, 0.15) is 41.4 Å². The summed E-state index contributed by atoms with van der Waals surface area (Å²) in [6, 6.07) is 9.13. The van der Waals surface area contributed by atoms with Crippen LogP contribution >= 0.6 is 11.6 Å². The monoisotopic (exact) mass is 461 g/mol. The average Bonchev–Trinajstić information content (AvgIpc) is 3.26. The van der Waals surface area contributed by atoms with E-state index in [-0.39, 0.29) is 12.5 Å². The lowest BCUT2D eigenvalue weighted by molar-refractivity contribution is 0.0950. The molecule has 0 saturated carbocycles. The minimum Gasteiger partial charge on any atom is -0.346 e. The summed E-state index contributed by atoms with van der Waals surface area (Å²) in [5.41, 5.74) is 4.19. The number of carbonyl (C=O) groups excluding carboxylic acids is 1. The van der Waals surface area contributed by atoms with Gasteiger partial charge < -0.3 is 5.32 Å². The van der Waals surface area contributed by atoms with Crippen LogP contribution in [0.15, 0.2) is 55.2 Å². The Hall–Kier alpha value is -3.65. The van der Waals surface area contributed by atoms with Gasteiger partial charge in [-0.1, -0.05) is 25.4 Å². The highest BCUT2D eigenvalue weighted by Gasteiger charge is 2.15. The molecule has 4 aromatic rings. The van der Waals surface area contributed by atoms with Crippen molar-refractivity contribution in [2.75, 3.05) is 0 Å². The summed E-state index contributed by atoms with van der Waals surface area (Å²) in [6.07, 6.45) is 7.20. The van der Waals surface area contributed by atoms with Gasteiger partial charge in [-0.2, -0.15) is 5.10 Å². The number of nitrogens with one attached hydrogen (secondary N) is 1. The van der Waals surface area contributed by atoms with E-state index in [4.69, 9.17) is 11.6 Å². The Labute approximate surface area is 197 Å². The molecule has 168 valence electrons. The molecular weight excluding hydrogens is 438 g/mol. The maximum atomic E-state index is 13.1. The number of aryl methyl sites for hydroxylation is 1. The lowest BCUT2D eigenvalue weighted by Gasteiger charge is -2.13. The van der Waals surface area contributed by atoms with Gasteiger partial charge in [-0.3, -0.25) is 19.7 Å². The summed E-state index contributed by atoms with van der Waals surface area (Å²) in [5.74, 6) is 1.000. The molecule has 9 heteroatoms. The first-order chi connectivity index (χ1) is 15.9. The summed E-state index contributed by atoms with van der Waals surface area (Å²) in [5, 5.41) is 7.86. The highest BCUT2D eigenvalue weighted by atomic mass is 35.5. The van der Waals surface area contributed by atoms with Gasteiger partial charge in [-0.25, -0.2) is 9.67 Å². The van der Waals surface area contributed by atoms with E-state index in [0.717, 1.165) is 29.2 Å². The Morgan fingerprint density at radius 2 is 1.91 bits per heavy atom. The zero-order valence-corrected chi connectivity index (χ0v) is 19.4. The van der Waals surface area contributed by atoms with Crippen molar-refractivity contribution in [3.8, 4) is 16.9 Å². The van der Waals surface area contributed by atoms with E-state index >= 15 is 0 Å². The second-order valence-electron chi connectivity index (χ2n) is 8.15. The van der Waals surface area contributed by atoms with Crippen LogP contribution < -0.4 is 5.32 Å². The third-order valence-electron chi connectivity index (χ3n) is 4.92. The quantitative estimate of drug-likeness (QED) is 0.442. The Morgan fingerprint density at radius 3 is 2.61 bits per heavy atom. The SMILES string of the molecule is Cc1cnc(CNC(=O)c2cc(-c3ccc(Cl)cn3)cc(-n3ncnc3CC(C)C)c2)cn1. The molecule has 0 fully saturated rings. The fourth-order valence-corrected chi connectivity index (χ4v) is 3.44. The topological polar surface area (TPSA) is 98.5 Å². The number of nitrogens with zero attached hydrogens (tertiary/aromatic N) is 6. The van der Waals surface area contributed by atoms with E-state index in [2.05, 4.69) is 44.2 Å². The molecule has 1 amide bonds. The van der Waals surface area contributed by atoms with Crippen molar-refractivity contribution >= 4 is 17.5 Å². The van der Waals surface area contributed by atoms with Crippen molar-refractivity contribution in [1.82, 2.24) is 35.0 Å². The summed E-state index contributed by atoms with van der Waals surface area (Å²) in [4.78, 5) is 30.4. The zero-order chi connectivity index (χ0) is 23.4. The fourth-order valence-electron chi connectivity index (χ4n) is 3.33. The van der Waals surface area contributed by atoms with Crippen LogP contribution in [0.5, 0.6) is 0 Å². The average molecular weight is 462 g/mol.